The van der Waals surface area contributed by atoms with E-state index in [9.17, 15) is 0 Å². The molecule has 0 fully saturated rings. The molecule has 0 aliphatic carbocycles. The van der Waals surface area contributed by atoms with Gasteiger partial charge in [-0.3, -0.25) is 4.98 Å². The van der Waals surface area contributed by atoms with Gasteiger partial charge in [0, 0.05) is 22.7 Å². The second kappa shape index (κ2) is 2.52. The molecule has 0 aliphatic heterocycles. The molecule has 3 heteroatoms. The van der Waals surface area contributed by atoms with Gasteiger partial charge >= 0.3 is 0 Å². The minimum absolute atomic E-state index is 0.931. The van der Waals surface area contributed by atoms with Gasteiger partial charge in [-0.1, -0.05) is 0 Å². The van der Waals surface area contributed by atoms with Crippen LogP contribution in [0.1, 0.15) is 11.4 Å². The summed E-state index contributed by atoms with van der Waals surface area (Å²) in [6.45, 7) is 3.90. The zero-order chi connectivity index (χ0) is 8.55. The van der Waals surface area contributed by atoms with Crippen molar-refractivity contribution < 1.29 is 0 Å². The SMILES string of the molecule is Cc1cc2cnnc(C)c2cn1. The average molecular weight is 159 g/mol. The Hall–Kier alpha value is -1.51. The molecule has 12 heavy (non-hydrogen) atoms. The highest BCUT2D eigenvalue weighted by atomic mass is 15.1. The number of fused-ring (bicyclic) bond motifs is 1. The largest absolute Gasteiger partial charge is 0.261 e. The van der Waals surface area contributed by atoms with Crippen molar-refractivity contribution in [1.82, 2.24) is 15.2 Å². The van der Waals surface area contributed by atoms with E-state index in [0.29, 0.717) is 0 Å². The normalized spacial score (nSPS) is 10.5. The summed E-state index contributed by atoms with van der Waals surface area (Å²) in [6.07, 6.45) is 3.60. The van der Waals surface area contributed by atoms with Crippen LogP contribution < -0.4 is 0 Å². The van der Waals surface area contributed by atoms with E-state index >= 15 is 0 Å². The van der Waals surface area contributed by atoms with Gasteiger partial charge < -0.3 is 0 Å². The molecular weight excluding hydrogens is 150 g/mol. The summed E-state index contributed by atoms with van der Waals surface area (Å²) in [7, 11) is 0. The van der Waals surface area contributed by atoms with Crippen molar-refractivity contribution in [3.63, 3.8) is 0 Å². The molecule has 0 atom stereocenters. The molecule has 0 aromatic carbocycles. The quantitative estimate of drug-likeness (QED) is 0.586. The lowest BCUT2D eigenvalue weighted by atomic mass is 10.2. The number of aromatic nitrogens is 3. The second-order valence-corrected chi connectivity index (χ2v) is 2.84. The van der Waals surface area contributed by atoms with Crippen molar-refractivity contribution in [2.24, 2.45) is 0 Å². The van der Waals surface area contributed by atoms with Gasteiger partial charge in [-0.25, -0.2) is 0 Å². The first-order valence-electron chi connectivity index (χ1n) is 3.82. The third-order valence-electron chi connectivity index (χ3n) is 1.87. The van der Waals surface area contributed by atoms with Crippen LogP contribution in [-0.2, 0) is 0 Å². The molecule has 0 saturated heterocycles. The van der Waals surface area contributed by atoms with E-state index < -0.39 is 0 Å². The van der Waals surface area contributed by atoms with E-state index in [1.165, 1.54) is 0 Å². The molecular formula is C9H9N3. The van der Waals surface area contributed by atoms with Gasteiger partial charge in [-0.2, -0.15) is 10.2 Å². The van der Waals surface area contributed by atoms with Gasteiger partial charge in [0.05, 0.1) is 11.9 Å². The molecule has 0 aliphatic rings. The van der Waals surface area contributed by atoms with E-state index in [0.717, 1.165) is 22.2 Å². The van der Waals surface area contributed by atoms with Gasteiger partial charge in [0.25, 0.3) is 0 Å². The molecule has 2 aromatic heterocycles. The van der Waals surface area contributed by atoms with Crippen molar-refractivity contribution in [2.75, 3.05) is 0 Å². The summed E-state index contributed by atoms with van der Waals surface area (Å²) < 4.78 is 0. The Morgan fingerprint density at radius 1 is 1.17 bits per heavy atom. The topological polar surface area (TPSA) is 38.7 Å². The molecule has 2 rings (SSSR count). The Morgan fingerprint density at radius 3 is 2.83 bits per heavy atom. The standard InChI is InChI=1S/C9H9N3/c1-6-3-8-4-11-12-7(2)9(8)5-10-6/h3-5H,1-2H3. The molecule has 0 amide bonds. The van der Waals surface area contributed by atoms with Crippen molar-refractivity contribution >= 4 is 10.8 Å². The van der Waals surface area contributed by atoms with Crippen LogP contribution in [0.25, 0.3) is 10.8 Å². The zero-order valence-electron chi connectivity index (χ0n) is 7.07. The molecule has 0 bridgehead atoms. The molecule has 0 N–H and O–H groups in total. The Morgan fingerprint density at radius 2 is 2.00 bits per heavy atom. The zero-order valence-corrected chi connectivity index (χ0v) is 7.07. The van der Waals surface area contributed by atoms with Crippen LogP contribution >= 0.6 is 0 Å². The van der Waals surface area contributed by atoms with Crippen LogP contribution in [0.15, 0.2) is 18.5 Å². The Kier molecular flexibility index (Phi) is 1.50. The monoisotopic (exact) mass is 159 g/mol. The van der Waals surface area contributed by atoms with Crippen molar-refractivity contribution in [3.8, 4) is 0 Å². The fourth-order valence-electron chi connectivity index (χ4n) is 1.22. The van der Waals surface area contributed by atoms with Gasteiger partial charge in [-0.15, -0.1) is 0 Å². The minimum Gasteiger partial charge on any atom is -0.261 e. The van der Waals surface area contributed by atoms with Gasteiger partial charge in [0.2, 0.25) is 0 Å². The molecule has 0 spiro atoms. The summed E-state index contributed by atoms with van der Waals surface area (Å²) in [5.41, 5.74) is 1.94. The average Bonchev–Trinajstić information content (AvgIpc) is 2.04. The van der Waals surface area contributed by atoms with Gasteiger partial charge in [0.15, 0.2) is 0 Å². The first kappa shape index (κ1) is 7.16. The van der Waals surface area contributed by atoms with Crippen LogP contribution in [0.2, 0.25) is 0 Å². The van der Waals surface area contributed by atoms with Gasteiger partial charge in [-0.05, 0) is 19.9 Å². The maximum atomic E-state index is 4.20. The lowest BCUT2D eigenvalue weighted by molar-refractivity contribution is 0.998. The summed E-state index contributed by atoms with van der Waals surface area (Å²) in [5.74, 6) is 0. The first-order valence-corrected chi connectivity index (χ1v) is 3.82. The van der Waals surface area contributed by atoms with E-state index in [-0.39, 0.29) is 0 Å². The van der Waals surface area contributed by atoms with Crippen LogP contribution in [-0.4, -0.2) is 15.2 Å². The number of hydrogen-bond donors (Lipinski definition) is 0. The fraction of sp³-hybridized carbons (Fsp3) is 0.222. The van der Waals surface area contributed by atoms with E-state index in [1.807, 2.05) is 26.1 Å². The minimum atomic E-state index is 0.931. The number of pyridine rings is 1. The van der Waals surface area contributed by atoms with Crippen molar-refractivity contribution in [3.05, 3.63) is 29.8 Å². The Labute approximate surface area is 70.5 Å². The highest BCUT2D eigenvalue weighted by Crippen LogP contribution is 2.13. The molecule has 0 unspecified atom stereocenters. The Balaban J connectivity index is 2.86. The smallest absolute Gasteiger partial charge is 0.0693 e. The van der Waals surface area contributed by atoms with Gasteiger partial charge in [0.1, 0.15) is 0 Å². The Bertz CT molecular complexity index is 423. The molecule has 0 radical (unpaired) electrons. The summed E-state index contributed by atoms with van der Waals surface area (Å²) >= 11 is 0. The maximum Gasteiger partial charge on any atom is 0.0693 e. The lowest BCUT2D eigenvalue weighted by Gasteiger charge is -1.99. The molecule has 0 saturated carbocycles. The highest BCUT2D eigenvalue weighted by Gasteiger charge is 1.98. The van der Waals surface area contributed by atoms with Crippen LogP contribution in [0.4, 0.5) is 0 Å². The van der Waals surface area contributed by atoms with Crippen LogP contribution in [0.3, 0.4) is 0 Å². The third kappa shape index (κ3) is 1.03. The summed E-state index contributed by atoms with van der Waals surface area (Å²) in [4.78, 5) is 4.20. The third-order valence-corrected chi connectivity index (χ3v) is 1.87. The van der Waals surface area contributed by atoms with E-state index in [1.54, 1.807) is 6.20 Å². The number of nitrogens with zero attached hydrogens (tertiary/aromatic N) is 3. The maximum absolute atomic E-state index is 4.20. The van der Waals surface area contributed by atoms with Crippen molar-refractivity contribution in [2.45, 2.75) is 13.8 Å². The van der Waals surface area contributed by atoms with Crippen molar-refractivity contribution in [1.29, 1.82) is 0 Å². The predicted octanol–water partition coefficient (Wildman–Crippen LogP) is 1.64. The number of aryl methyl sites for hydroxylation is 2. The predicted molar refractivity (Wildman–Crippen MR) is 46.8 cm³/mol. The summed E-state index contributed by atoms with van der Waals surface area (Å²) in [6, 6.07) is 2.01. The molecule has 2 heterocycles. The molecule has 2 aromatic rings. The highest BCUT2D eigenvalue weighted by molar-refractivity contribution is 5.82. The molecule has 3 nitrogen and oxygen atoms in total. The van der Waals surface area contributed by atoms with Crippen LogP contribution in [0.5, 0.6) is 0 Å². The lowest BCUT2D eigenvalue weighted by Crippen LogP contribution is -1.89. The van der Waals surface area contributed by atoms with E-state index in [2.05, 4.69) is 15.2 Å². The fourth-order valence-corrected chi connectivity index (χ4v) is 1.22. The van der Waals surface area contributed by atoms with E-state index in [4.69, 9.17) is 0 Å². The number of hydrogen-bond acceptors (Lipinski definition) is 3. The number of rotatable bonds is 0. The summed E-state index contributed by atoms with van der Waals surface area (Å²) in [5, 5.41) is 10.0. The van der Waals surface area contributed by atoms with Crippen LogP contribution in [0, 0.1) is 13.8 Å². The molecule has 60 valence electrons. The first-order chi connectivity index (χ1) is 5.77. The second-order valence-electron chi connectivity index (χ2n) is 2.84.